The summed E-state index contributed by atoms with van der Waals surface area (Å²) in [6.07, 6.45) is 8.26. The van der Waals surface area contributed by atoms with Crippen LogP contribution >= 0.6 is 0 Å². The third kappa shape index (κ3) is 3.95. The molecule has 1 fully saturated rings. The van der Waals surface area contributed by atoms with E-state index >= 15 is 0 Å². The van der Waals surface area contributed by atoms with Crippen molar-refractivity contribution in [2.75, 3.05) is 13.1 Å². The summed E-state index contributed by atoms with van der Waals surface area (Å²) in [6.45, 7) is 4.67. The minimum Gasteiger partial charge on any atom is -0.338 e. The van der Waals surface area contributed by atoms with Crippen LogP contribution in [0.15, 0.2) is 0 Å². The van der Waals surface area contributed by atoms with E-state index in [4.69, 9.17) is 6.42 Å². The average Bonchev–Trinajstić information content (AvgIpc) is 2.36. The first kappa shape index (κ1) is 14.4. The van der Waals surface area contributed by atoms with Gasteiger partial charge in [-0.3, -0.25) is 4.79 Å². The molecule has 18 heavy (non-hydrogen) atoms. The predicted molar refractivity (Wildman–Crippen MR) is 69.9 cm³/mol. The zero-order valence-corrected chi connectivity index (χ0v) is 11.0. The maximum Gasteiger partial charge on any atom is 0.316 e. The number of nitrogens with zero attached hydrogens (tertiary/aromatic N) is 1. The van der Waals surface area contributed by atoms with E-state index in [-0.39, 0.29) is 18.5 Å². The van der Waals surface area contributed by atoms with Crippen LogP contribution in [0.4, 0.5) is 4.79 Å². The van der Waals surface area contributed by atoms with E-state index in [2.05, 4.69) is 16.6 Å². The Hall–Kier alpha value is -1.70. The Morgan fingerprint density at radius 1 is 1.50 bits per heavy atom. The molecule has 1 rings (SSSR count). The molecule has 0 unspecified atom stereocenters. The van der Waals surface area contributed by atoms with Gasteiger partial charge in [0.05, 0.1) is 6.54 Å². The molecule has 1 aliphatic rings. The maximum absolute atomic E-state index is 12.2. The minimum atomic E-state index is -0.525. The highest BCUT2D eigenvalue weighted by Gasteiger charge is 2.27. The number of hydrogen-bond acceptors (Lipinski definition) is 2. The molecule has 0 aromatic carbocycles. The zero-order valence-electron chi connectivity index (χ0n) is 11.0. The zero-order chi connectivity index (χ0) is 13.5. The Morgan fingerprint density at radius 2 is 2.22 bits per heavy atom. The molecular formula is C13H21N3O2. The molecule has 0 aromatic rings. The summed E-state index contributed by atoms with van der Waals surface area (Å²) in [7, 11) is 0. The van der Waals surface area contributed by atoms with Crippen molar-refractivity contribution >= 4 is 11.9 Å². The van der Waals surface area contributed by atoms with Gasteiger partial charge in [0.1, 0.15) is 6.04 Å². The molecule has 1 heterocycles. The van der Waals surface area contributed by atoms with Gasteiger partial charge in [0.25, 0.3) is 0 Å². The van der Waals surface area contributed by atoms with E-state index in [9.17, 15) is 9.59 Å². The van der Waals surface area contributed by atoms with Crippen molar-refractivity contribution in [1.82, 2.24) is 15.5 Å². The number of terminal acetylenes is 1. The van der Waals surface area contributed by atoms with E-state index < -0.39 is 12.1 Å². The molecule has 3 amide bonds. The Labute approximate surface area is 108 Å². The molecule has 2 atom stereocenters. The Kier molecular flexibility index (Phi) is 5.50. The molecule has 0 saturated carbocycles. The molecule has 0 aromatic heterocycles. The molecule has 5 heteroatoms. The molecule has 0 spiro atoms. The number of nitrogens with one attached hydrogen (secondary N) is 2. The monoisotopic (exact) mass is 251 g/mol. The van der Waals surface area contributed by atoms with Crippen LogP contribution in [0, 0.1) is 12.3 Å². The van der Waals surface area contributed by atoms with E-state index in [1.54, 1.807) is 6.92 Å². The number of hydrogen-bond donors (Lipinski definition) is 2. The number of rotatable bonds is 3. The summed E-state index contributed by atoms with van der Waals surface area (Å²) < 4.78 is 0. The second kappa shape index (κ2) is 6.90. The lowest BCUT2D eigenvalue weighted by Crippen LogP contribution is -2.53. The molecule has 1 saturated heterocycles. The van der Waals surface area contributed by atoms with Crippen LogP contribution in [0.1, 0.15) is 33.1 Å². The van der Waals surface area contributed by atoms with Gasteiger partial charge in [-0.15, -0.1) is 6.42 Å². The molecule has 5 nitrogen and oxygen atoms in total. The van der Waals surface area contributed by atoms with Gasteiger partial charge in [0.2, 0.25) is 5.91 Å². The fourth-order valence-corrected chi connectivity index (χ4v) is 2.11. The smallest absolute Gasteiger partial charge is 0.316 e. The number of carbonyl (C=O) groups excluding carboxylic acids is 2. The van der Waals surface area contributed by atoms with Gasteiger partial charge in [-0.2, -0.15) is 0 Å². The van der Waals surface area contributed by atoms with Gasteiger partial charge in [0.15, 0.2) is 0 Å². The van der Waals surface area contributed by atoms with Crippen LogP contribution in [0.3, 0.4) is 0 Å². The van der Waals surface area contributed by atoms with Crippen molar-refractivity contribution in [2.24, 2.45) is 0 Å². The molecule has 0 radical (unpaired) electrons. The first-order valence-corrected chi connectivity index (χ1v) is 6.34. The number of piperidine rings is 1. The second-order valence-electron chi connectivity index (χ2n) is 4.63. The highest BCUT2D eigenvalue weighted by atomic mass is 16.2. The average molecular weight is 251 g/mol. The quantitative estimate of drug-likeness (QED) is 0.726. The standard InChI is InChI=1S/C13H21N3O2/c1-4-8-14-13(18)15-11(3)12(17)16-9-6-5-7-10(16)2/h1,10-11H,5-9H2,2-3H3,(H2,14,15,18)/t10-,11+/m1/s1. The topological polar surface area (TPSA) is 61.4 Å². The summed E-state index contributed by atoms with van der Waals surface area (Å²) in [6, 6.07) is -0.675. The first-order chi connectivity index (χ1) is 8.56. The van der Waals surface area contributed by atoms with Crippen molar-refractivity contribution in [3.63, 3.8) is 0 Å². The maximum atomic E-state index is 12.2. The largest absolute Gasteiger partial charge is 0.338 e. The summed E-state index contributed by atoms with van der Waals surface area (Å²) in [5.74, 6) is 2.27. The Morgan fingerprint density at radius 3 is 2.83 bits per heavy atom. The van der Waals surface area contributed by atoms with Gasteiger partial charge in [-0.25, -0.2) is 4.79 Å². The van der Waals surface area contributed by atoms with E-state index in [0.717, 1.165) is 25.8 Å². The molecular weight excluding hydrogens is 230 g/mol. The van der Waals surface area contributed by atoms with Crippen molar-refractivity contribution in [3.05, 3.63) is 0 Å². The van der Waals surface area contributed by atoms with Crippen molar-refractivity contribution in [1.29, 1.82) is 0 Å². The summed E-state index contributed by atoms with van der Waals surface area (Å²) in [4.78, 5) is 25.4. The number of urea groups is 1. The normalized spacial score (nSPS) is 20.7. The fraction of sp³-hybridized carbons (Fsp3) is 0.692. The van der Waals surface area contributed by atoms with Crippen LogP contribution in [-0.4, -0.2) is 42.0 Å². The summed E-state index contributed by atoms with van der Waals surface area (Å²) >= 11 is 0. The van der Waals surface area contributed by atoms with E-state index in [0.29, 0.717) is 0 Å². The van der Waals surface area contributed by atoms with Crippen LogP contribution in [0.5, 0.6) is 0 Å². The van der Waals surface area contributed by atoms with Crippen LogP contribution in [0.25, 0.3) is 0 Å². The second-order valence-corrected chi connectivity index (χ2v) is 4.63. The SMILES string of the molecule is C#CCNC(=O)N[C@@H](C)C(=O)N1CCCC[C@H]1C. The van der Waals surface area contributed by atoms with Gasteiger partial charge in [-0.1, -0.05) is 5.92 Å². The lowest BCUT2D eigenvalue weighted by Gasteiger charge is -2.35. The third-order valence-electron chi connectivity index (χ3n) is 3.16. The number of amides is 3. The molecule has 100 valence electrons. The molecule has 1 aliphatic heterocycles. The fourth-order valence-electron chi connectivity index (χ4n) is 2.11. The van der Waals surface area contributed by atoms with Crippen LogP contribution < -0.4 is 10.6 Å². The van der Waals surface area contributed by atoms with E-state index in [1.807, 2.05) is 11.8 Å². The summed E-state index contributed by atoms with van der Waals surface area (Å²) in [5, 5.41) is 5.07. The number of likely N-dealkylation sites (tertiary alicyclic amines) is 1. The van der Waals surface area contributed by atoms with Gasteiger partial charge in [-0.05, 0) is 33.1 Å². The summed E-state index contributed by atoms with van der Waals surface area (Å²) in [5.41, 5.74) is 0. The number of carbonyl (C=O) groups is 2. The van der Waals surface area contributed by atoms with Gasteiger partial charge < -0.3 is 15.5 Å². The molecule has 0 aliphatic carbocycles. The first-order valence-electron chi connectivity index (χ1n) is 6.34. The van der Waals surface area contributed by atoms with Crippen molar-refractivity contribution < 1.29 is 9.59 Å². The van der Waals surface area contributed by atoms with Gasteiger partial charge in [0, 0.05) is 12.6 Å². The van der Waals surface area contributed by atoms with Crippen molar-refractivity contribution in [3.8, 4) is 12.3 Å². The van der Waals surface area contributed by atoms with Crippen LogP contribution in [-0.2, 0) is 4.79 Å². The minimum absolute atomic E-state index is 0.0296. The Bertz CT molecular complexity index is 349. The molecule has 2 N–H and O–H groups in total. The molecule has 0 bridgehead atoms. The van der Waals surface area contributed by atoms with Gasteiger partial charge >= 0.3 is 6.03 Å². The van der Waals surface area contributed by atoms with Crippen molar-refractivity contribution in [2.45, 2.75) is 45.2 Å². The lowest BCUT2D eigenvalue weighted by atomic mass is 10.0. The third-order valence-corrected chi connectivity index (χ3v) is 3.16. The highest BCUT2D eigenvalue weighted by molar-refractivity contribution is 5.87. The highest BCUT2D eigenvalue weighted by Crippen LogP contribution is 2.17. The van der Waals surface area contributed by atoms with E-state index in [1.165, 1.54) is 0 Å². The lowest BCUT2D eigenvalue weighted by molar-refractivity contribution is -0.136. The van der Waals surface area contributed by atoms with Crippen LogP contribution in [0.2, 0.25) is 0 Å². The predicted octanol–water partition coefficient (Wildman–Crippen LogP) is 0.708. The Balaban J connectivity index is 2.45.